The molecule has 18 heavy (non-hydrogen) atoms. The number of nitrogens with zero attached hydrogens (tertiary/aromatic N) is 1. The van der Waals surface area contributed by atoms with Gasteiger partial charge in [-0.1, -0.05) is 19.1 Å². The van der Waals surface area contributed by atoms with Gasteiger partial charge in [-0.25, -0.2) is 4.39 Å². The molecule has 1 aromatic carbocycles. The molecule has 0 saturated heterocycles. The van der Waals surface area contributed by atoms with Gasteiger partial charge in [0.1, 0.15) is 5.82 Å². The Kier molecular flexibility index (Phi) is 4.72. The second-order valence-corrected chi connectivity index (χ2v) is 5.28. The Labute approximate surface area is 109 Å². The van der Waals surface area contributed by atoms with Gasteiger partial charge in [0.25, 0.3) is 0 Å². The van der Waals surface area contributed by atoms with Crippen LogP contribution in [0.5, 0.6) is 0 Å². The zero-order valence-corrected chi connectivity index (χ0v) is 11.1. The van der Waals surface area contributed by atoms with Crippen LogP contribution in [0.2, 0.25) is 0 Å². The molecule has 2 N–H and O–H groups in total. The van der Waals surface area contributed by atoms with E-state index in [1.54, 1.807) is 12.1 Å². The van der Waals surface area contributed by atoms with E-state index in [4.69, 9.17) is 5.73 Å². The second kappa shape index (κ2) is 6.30. The van der Waals surface area contributed by atoms with Gasteiger partial charge in [0, 0.05) is 12.6 Å². The Balaban J connectivity index is 1.78. The van der Waals surface area contributed by atoms with E-state index in [0.717, 1.165) is 31.0 Å². The van der Waals surface area contributed by atoms with Crippen LogP contribution in [0.4, 0.5) is 4.39 Å². The number of hydrogen-bond acceptors (Lipinski definition) is 2. The predicted molar refractivity (Wildman–Crippen MR) is 72.8 cm³/mol. The van der Waals surface area contributed by atoms with Gasteiger partial charge in [-0.05, 0) is 56.0 Å². The molecular formula is C15H23FN2. The minimum Gasteiger partial charge on any atom is -0.324 e. The van der Waals surface area contributed by atoms with Crippen LogP contribution in [0.15, 0.2) is 24.3 Å². The van der Waals surface area contributed by atoms with Crippen LogP contribution >= 0.6 is 0 Å². The van der Waals surface area contributed by atoms with E-state index >= 15 is 0 Å². The monoisotopic (exact) mass is 250 g/mol. The van der Waals surface area contributed by atoms with E-state index in [1.807, 2.05) is 0 Å². The zero-order valence-electron chi connectivity index (χ0n) is 11.1. The molecule has 0 spiro atoms. The van der Waals surface area contributed by atoms with Crippen molar-refractivity contribution < 1.29 is 4.39 Å². The smallest absolute Gasteiger partial charge is 0.123 e. The highest BCUT2D eigenvalue weighted by atomic mass is 19.1. The molecule has 1 aliphatic rings. The van der Waals surface area contributed by atoms with Crippen molar-refractivity contribution in [3.05, 3.63) is 35.6 Å². The molecule has 1 aliphatic carbocycles. The summed E-state index contributed by atoms with van der Waals surface area (Å²) >= 11 is 0. The largest absolute Gasteiger partial charge is 0.324 e. The van der Waals surface area contributed by atoms with Gasteiger partial charge in [-0.3, -0.25) is 0 Å². The SMILES string of the molecule is CCN(CCC(N)c1ccc(F)cc1)CC1CC1. The molecule has 0 radical (unpaired) electrons. The summed E-state index contributed by atoms with van der Waals surface area (Å²) in [4.78, 5) is 2.47. The summed E-state index contributed by atoms with van der Waals surface area (Å²) in [6.07, 6.45) is 3.72. The molecule has 1 fully saturated rings. The van der Waals surface area contributed by atoms with Gasteiger partial charge in [0.05, 0.1) is 0 Å². The van der Waals surface area contributed by atoms with E-state index < -0.39 is 0 Å². The molecule has 1 unspecified atom stereocenters. The third kappa shape index (κ3) is 4.07. The molecule has 0 heterocycles. The minimum absolute atomic E-state index is 0.0128. The fourth-order valence-corrected chi connectivity index (χ4v) is 2.24. The van der Waals surface area contributed by atoms with E-state index in [0.29, 0.717) is 0 Å². The molecule has 0 aliphatic heterocycles. The van der Waals surface area contributed by atoms with Crippen LogP contribution < -0.4 is 5.73 Å². The Morgan fingerprint density at radius 3 is 2.56 bits per heavy atom. The average molecular weight is 250 g/mol. The van der Waals surface area contributed by atoms with Crippen LogP contribution in [-0.2, 0) is 0 Å². The van der Waals surface area contributed by atoms with E-state index in [9.17, 15) is 4.39 Å². The third-order valence-electron chi connectivity index (χ3n) is 3.72. The maximum Gasteiger partial charge on any atom is 0.123 e. The van der Waals surface area contributed by atoms with Gasteiger partial charge >= 0.3 is 0 Å². The van der Waals surface area contributed by atoms with Crippen molar-refractivity contribution in [2.45, 2.75) is 32.2 Å². The van der Waals surface area contributed by atoms with Crippen molar-refractivity contribution in [2.24, 2.45) is 11.7 Å². The van der Waals surface area contributed by atoms with Crippen LogP contribution in [0.1, 0.15) is 37.8 Å². The third-order valence-corrected chi connectivity index (χ3v) is 3.72. The maximum absolute atomic E-state index is 12.8. The summed E-state index contributed by atoms with van der Waals surface area (Å²) in [5.41, 5.74) is 7.17. The second-order valence-electron chi connectivity index (χ2n) is 5.28. The molecule has 100 valence electrons. The van der Waals surface area contributed by atoms with E-state index in [1.165, 1.54) is 31.5 Å². The van der Waals surface area contributed by atoms with Gasteiger partial charge < -0.3 is 10.6 Å². The normalized spacial score (nSPS) is 17.1. The lowest BCUT2D eigenvalue weighted by Crippen LogP contribution is -2.29. The highest BCUT2D eigenvalue weighted by Crippen LogP contribution is 2.29. The molecule has 1 aromatic rings. The Morgan fingerprint density at radius 2 is 2.00 bits per heavy atom. The number of nitrogens with two attached hydrogens (primary N) is 1. The van der Waals surface area contributed by atoms with Crippen LogP contribution in [-0.4, -0.2) is 24.5 Å². The Hall–Kier alpha value is -0.930. The van der Waals surface area contributed by atoms with Crippen molar-refractivity contribution in [1.82, 2.24) is 4.90 Å². The summed E-state index contributed by atoms with van der Waals surface area (Å²) in [6, 6.07) is 6.56. The van der Waals surface area contributed by atoms with Crippen molar-refractivity contribution in [3.63, 3.8) is 0 Å². The summed E-state index contributed by atoms with van der Waals surface area (Å²) in [7, 11) is 0. The Bertz CT molecular complexity index is 359. The van der Waals surface area contributed by atoms with Crippen molar-refractivity contribution in [1.29, 1.82) is 0 Å². The molecule has 0 aromatic heterocycles. The molecule has 0 bridgehead atoms. The number of benzene rings is 1. The first kappa shape index (κ1) is 13.5. The molecule has 0 amide bonds. The fourth-order valence-electron chi connectivity index (χ4n) is 2.24. The summed E-state index contributed by atoms with van der Waals surface area (Å²) in [5.74, 6) is 0.724. The summed E-state index contributed by atoms with van der Waals surface area (Å²) in [5, 5.41) is 0. The molecule has 2 rings (SSSR count). The summed E-state index contributed by atoms with van der Waals surface area (Å²) in [6.45, 7) is 5.54. The molecule has 3 heteroatoms. The standard InChI is InChI=1S/C15H23FN2/c1-2-18(11-12-3-4-12)10-9-15(17)13-5-7-14(16)8-6-13/h5-8,12,15H,2-4,9-11,17H2,1H3. The molecule has 2 nitrogen and oxygen atoms in total. The van der Waals surface area contributed by atoms with Crippen molar-refractivity contribution in [3.8, 4) is 0 Å². The first-order valence-electron chi connectivity index (χ1n) is 6.92. The fraction of sp³-hybridized carbons (Fsp3) is 0.600. The van der Waals surface area contributed by atoms with Crippen LogP contribution in [0, 0.1) is 11.7 Å². The molecule has 1 saturated carbocycles. The highest BCUT2D eigenvalue weighted by Gasteiger charge is 2.23. The summed E-state index contributed by atoms with van der Waals surface area (Å²) < 4.78 is 12.8. The number of rotatable bonds is 7. The van der Waals surface area contributed by atoms with E-state index in [-0.39, 0.29) is 11.9 Å². The van der Waals surface area contributed by atoms with Crippen molar-refractivity contribution >= 4 is 0 Å². The molecule has 1 atom stereocenters. The lowest BCUT2D eigenvalue weighted by Gasteiger charge is -2.22. The minimum atomic E-state index is -0.199. The highest BCUT2D eigenvalue weighted by molar-refractivity contribution is 5.19. The maximum atomic E-state index is 12.8. The quantitative estimate of drug-likeness (QED) is 0.806. The lowest BCUT2D eigenvalue weighted by molar-refractivity contribution is 0.266. The van der Waals surface area contributed by atoms with Crippen molar-refractivity contribution in [2.75, 3.05) is 19.6 Å². The van der Waals surface area contributed by atoms with Crippen LogP contribution in [0.3, 0.4) is 0 Å². The Morgan fingerprint density at radius 1 is 1.33 bits per heavy atom. The number of hydrogen-bond donors (Lipinski definition) is 1. The van der Waals surface area contributed by atoms with Gasteiger partial charge in [0.15, 0.2) is 0 Å². The zero-order chi connectivity index (χ0) is 13.0. The number of halogens is 1. The van der Waals surface area contributed by atoms with E-state index in [2.05, 4.69) is 11.8 Å². The average Bonchev–Trinajstić information content (AvgIpc) is 3.18. The van der Waals surface area contributed by atoms with Gasteiger partial charge in [0.2, 0.25) is 0 Å². The first-order valence-corrected chi connectivity index (χ1v) is 6.92. The van der Waals surface area contributed by atoms with Gasteiger partial charge in [-0.2, -0.15) is 0 Å². The first-order chi connectivity index (χ1) is 8.69. The topological polar surface area (TPSA) is 29.3 Å². The van der Waals surface area contributed by atoms with Crippen LogP contribution in [0.25, 0.3) is 0 Å². The molecular weight excluding hydrogens is 227 g/mol. The lowest BCUT2D eigenvalue weighted by atomic mass is 10.0. The predicted octanol–water partition coefficient (Wildman–Crippen LogP) is 2.95. The van der Waals surface area contributed by atoms with Gasteiger partial charge in [-0.15, -0.1) is 0 Å².